The van der Waals surface area contributed by atoms with Gasteiger partial charge in [0.25, 0.3) is 0 Å². The predicted molar refractivity (Wildman–Crippen MR) is 116 cm³/mol. The van der Waals surface area contributed by atoms with Crippen molar-refractivity contribution in [1.29, 1.82) is 0 Å². The minimum atomic E-state index is -3.64. The van der Waals surface area contributed by atoms with Gasteiger partial charge in [0.1, 0.15) is 0 Å². The van der Waals surface area contributed by atoms with Crippen LogP contribution in [0.5, 0.6) is 0 Å². The van der Waals surface area contributed by atoms with Crippen molar-refractivity contribution in [3.63, 3.8) is 0 Å². The second-order valence-corrected chi connectivity index (χ2v) is 17.3. The Morgan fingerprint density at radius 3 is 0.935 bits per heavy atom. The Bertz CT molecular complexity index is 672. The SMILES string of the molecule is CC(C)(C)C(=O)CC(=O)C(C)(C)[C](O)(O)[Sr][C](O)(O)C(C)(C)C(=O)CC(=O)C(C)(C)C. The van der Waals surface area contributed by atoms with Gasteiger partial charge in [-0.25, -0.2) is 0 Å². The Kier molecular flexibility index (Phi) is 9.70. The number of rotatable bonds is 10. The molecular formula is C22H38O8Sr. The van der Waals surface area contributed by atoms with Crippen molar-refractivity contribution in [2.75, 3.05) is 0 Å². The van der Waals surface area contributed by atoms with Crippen LogP contribution in [0.3, 0.4) is 0 Å². The van der Waals surface area contributed by atoms with Crippen molar-refractivity contribution in [3.05, 3.63) is 0 Å². The Balaban J connectivity index is 5.74. The van der Waals surface area contributed by atoms with Crippen LogP contribution in [-0.2, 0) is 19.2 Å². The fourth-order valence-corrected chi connectivity index (χ4v) is 7.33. The Hall–Kier alpha value is 0.000519. The maximum absolute atomic E-state index is 12.7. The molecule has 0 aliphatic carbocycles. The summed E-state index contributed by atoms with van der Waals surface area (Å²) in [7, 11) is 0. The zero-order valence-electron chi connectivity index (χ0n) is 20.5. The van der Waals surface area contributed by atoms with Crippen LogP contribution in [0.25, 0.3) is 0 Å². The van der Waals surface area contributed by atoms with Gasteiger partial charge in [-0.15, -0.1) is 0 Å². The molecule has 0 saturated heterocycles. The number of carbonyl (C=O) groups excluding carboxylic acids is 4. The molecule has 0 aromatic heterocycles. The molecule has 0 aromatic carbocycles. The molecule has 0 saturated carbocycles. The van der Waals surface area contributed by atoms with E-state index in [1.165, 1.54) is 27.7 Å². The Morgan fingerprint density at radius 2 is 0.742 bits per heavy atom. The molecule has 0 heterocycles. The van der Waals surface area contributed by atoms with Gasteiger partial charge in [0.2, 0.25) is 0 Å². The van der Waals surface area contributed by atoms with Gasteiger partial charge in [0, 0.05) is 0 Å². The molecule has 0 spiro atoms. The molecule has 0 unspecified atom stereocenters. The molecule has 0 amide bonds. The number of hydrogen-bond acceptors (Lipinski definition) is 8. The fourth-order valence-electron chi connectivity index (χ4n) is 2.50. The van der Waals surface area contributed by atoms with E-state index in [9.17, 15) is 39.6 Å². The summed E-state index contributed by atoms with van der Waals surface area (Å²) in [6.45, 7) is 14.8. The molecule has 0 aliphatic rings. The van der Waals surface area contributed by atoms with Gasteiger partial charge in [-0.1, -0.05) is 0 Å². The number of Topliss-reactive ketones (excluding diaryl/α,β-unsaturated/α-hetero) is 4. The number of ketones is 4. The first kappa shape index (κ1) is 31.0. The van der Waals surface area contributed by atoms with Gasteiger partial charge >= 0.3 is 209 Å². The third-order valence-corrected chi connectivity index (χ3v) is 13.0. The molecule has 176 valence electrons. The summed E-state index contributed by atoms with van der Waals surface area (Å²) in [6.07, 6.45) is -1.06. The first-order valence-corrected chi connectivity index (χ1v) is 13.8. The van der Waals surface area contributed by atoms with Crippen LogP contribution in [0.4, 0.5) is 0 Å². The molecule has 0 radical (unpaired) electrons. The van der Waals surface area contributed by atoms with Gasteiger partial charge in [0.05, 0.1) is 0 Å². The second-order valence-electron chi connectivity index (χ2n) is 11.6. The zero-order chi connectivity index (χ0) is 25.4. The van der Waals surface area contributed by atoms with Gasteiger partial charge in [-0.2, -0.15) is 0 Å². The van der Waals surface area contributed by atoms with Crippen molar-refractivity contribution in [2.45, 2.75) is 83.6 Å². The minimum absolute atomic E-state index is 0.382. The first-order valence-electron chi connectivity index (χ1n) is 10.3. The quantitative estimate of drug-likeness (QED) is 0.191. The predicted octanol–water partition coefficient (Wildman–Crippen LogP) is 1.17. The molecule has 8 nitrogen and oxygen atoms in total. The van der Waals surface area contributed by atoms with E-state index in [0.29, 0.717) is 0 Å². The number of aliphatic hydroxyl groups is 4. The van der Waals surface area contributed by atoms with E-state index in [1.807, 2.05) is 0 Å². The third kappa shape index (κ3) is 7.50. The monoisotopic (exact) mass is 518 g/mol. The Labute approximate surface area is 207 Å². The van der Waals surface area contributed by atoms with Crippen molar-refractivity contribution >= 4 is 64.2 Å². The van der Waals surface area contributed by atoms with E-state index in [0.717, 1.165) is 0 Å². The topological polar surface area (TPSA) is 149 Å². The fraction of sp³-hybridized carbons (Fsp3) is 0.818. The molecule has 0 fully saturated rings. The molecule has 0 atom stereocenters. The van der Waals surface area contributed by atoms with Crippen molar-refractivity contribution in [3.8, 4) is 0 Å². The summed E-state index contributed by atoms with van der Waals surface area (Å²) in [5.74, 6) is -2.24. The molecule has 4 N–H and O–H groups in total. The average molecular weight is 518 g/mol. The average Bonchev–Trinajstić information content (AvgIpc) is 2.51. The molecule has 9 heteroatoms. The van der Waals surface area contributed by atoms with E-state index >= 15 is 0 Å². The van der Waals surface area contributed by atoms with Gasteiger partial charge in [-0.05, 0) is 0 Å². The standard InChI is InChI=1S/2C11H19O4.Sr/c2*1-10(2,3)7(12)6-8(13)11(4,5)9(14)15;/h2*14-15H,6H2,1-5H3;. The summed E-state index contributed by atoms with van der Waals surface area (Å²) in [6, 6.07) is 0. The second kappa shape index (κ2) is 9.70. The summed E-state index contributed by atoms with van der Waals surface area (Å²) in [5, 5.41) is 43.0. The number of carbonyl (C=O) groups is 4. The van der Waals surface area contributed by atoms with Gasteiger partial charge in [-0.3, -0.25) is 0 Å². The van der Waals surface area contributed by atoms with Crippen LogP contribution in [-0.4, -0.2) is 86.1 Å². The van der Waals surface area contributed by atoms with Gasteiger partial charge < -0.3 is 0 Å². The van der Waals surface area contributed by atoms with Crippen LogP contribution >= 0.6 is 0 Å². The third-order valence-electron chi connectivity index (χ3n) is 6.20. The Morgan fingerprint density at radius 1 is 0.516 bits per heavy atom. The summed E-state index contributed by atoms with van der Waals surface area (Å²) in [5.41, 5.74) is -5.31. The molecule has 0 aromatic rings. The van der Waals surface area contributed by atoms with Crippen LogP contribution in [0.1, 0.15) is 82.1 Å². The van der Waals surface area contributed by atoms with E-state index in [-0.39, 0.29) is 11.6 Å². The molecule has 31 heavy (non-hydrogen) atoms. The van der Waals surface area contributed by atoms with Crippen molar-refractivity contribution in [2.24, 2.45) is 21.7 Å². The van der Waals surface area contributed by atoms with E-state index in [2.05, 4.69) is 0 Å². The molecule has 0 bridgehead atoms. The molecule has 0 rings (SSSR count). The summed E-state index contributed by atoms with van der Waals surface area (Å²) >= 11 is -3.64. The summed E-state index contributed by atoms with van der Waals surface area (Å²) in [4.78, 5) is 49.9. The van der Waals surface area contributed by atoms with Crippen molar-refractivity contribution < 1.29 is 39.6 Å². The van der Waals surface area contributed by atoms with Crippen LogP contribution in [0.2, 0.25) is 0 Å². The van der Waals surface area contributed by atoms with E-state index in [4.69, 9.17) is 0 Å². The first-order chi connectivity index (χ1) is 13.3. The normalized spacial score (nSPS) is 14.1. The van der Waals surface area contributed by atoms with Crippen LogP contribution in [0.15, 0.2) is 0 Å². The van der Waals surface area contributed by atoms with E-state index in [1.54, 1.807) is 41.5 Å². The summed E-state index contributed by atoms with van der Waals surface area (Å²) < 4.78 is -5.50. The van der Waals surface area contributed by atoms with E-state index < -0.39 is 88.6 Å². The maximum atomic E-state index is 12.7. The van der Waals surface area contributed by atoms with Crippen LogP contribution < -0.4 is 0 Å². The van der Waals surface area contributed by atoms with Crippen molar-refractivity contribution in [1.82, 2.24) is 0 Å². The number of hydrogen-bond donors (Lipinski definition) is 4. The molecule has 0 aliphatic heterocycles. The van der Waals surface area contributed by atoms with Gasteiger partial charge in [0.15, 0.2) is 0 Å². The zero-order valence-corrected chi connectivity index (χ0v) is 24.0. The molecular weight excluding hydrogens is 480 g/mol. The van der Waals surface area contributed by atoms with Crippen LogP contribution in [0, 0.1) is 21.7 Å².